The van der Waals surface area contributed by atoms with Crippen molar-refractivity contribution < 1.29 is 23.2 Å². The lowest BCUT2D eigenvalue weighted by atomic mass is 9.89. The number of benzene rings is 2. The van der Waals surface area contributed by atoms with E-state index < -0.39 is 23.2 Å². The van der Waals surface area contributed by atoms with Crippen LogP contribution in [0.25, 0.3) is 10.9 Å². The van der Waals surface area contributed by atoms with Crippen LogP contribution in [0.3, 0.4) is 0 Å². The first-order chi connectivity index (χ1) is 17.7. The molecule has 37 heavy (non-hydrogen) atoms. The van der Waals surface area contributed by atoms with Crippen molar-refractivity contribution >= 4 is 16.6 Å². The van der Waals surface area contributed by atoms with Crippen LogP contribution in [0.1, 0.15) is 35.7 Å². The molecule has 0 radical (unpaired) electrons. The number of non-ortho nitro benzene ring substituents is 1. The predicted octanol–water partition coefficient (Wildman–Crippen LogP) is 3.74. The number of H-pyrrole nitrogens is 1. The molecule has 2 aromatic carbocycles. The van der Waals surface area contributed by atoms with Crippen molar-refractivity contribution in [1.29, 1.82) is 0 Å². The summed E-state index contributed by atoms with van der Waals surface area (Å²) in [5.41, 5.74) is -2.72. The van der Waals surface area contributed by atoms with Crippen LogP contribution < -0.4 is 0 Å². The van der Waals surface area contributed by atoms with E-state index in [1.165, 1.54) is 22.9 Å². The molecule has 1 unspecified atom stereocenters. The Bertz CT molecular complexity index is 1380. The van der Waals surface area contributed by atoms with Gasteiger partial charge in [0.2, 0.25) is 5.60 Å². The Hall–Kier alpha value is -3.84. The van der Waals surface area contributed by atoms with Gasteiger partial charge in [-0.3, -0.25) is 15.0 Å². The van der Waals surface area contributed by atoms with Gasteiger partial charge in [0.05, 0.1) is 10.4 Å². The highest BCUT2D eigenvalue weighted by molar-refractivity contribution is 5.87. The van der Waals surface area contributed by atoms with Crippen molar-refractivity contribution in [3.05, 3.63) is 81.8 Å². The van der Waals surface area contributed by atoms with Gasteiger partial charge in [0.25, 0.3) is 5.69 Å². The van der Waals surface area contributed by atoms with Crippen molar-refractivity contribution in [3.63, 3.8) is 0 Å². The lowest BCUT2D eigenvalue weighted by Gasteiger charge is -2.38. The molecule has 1 saturated heterocycles. The number of fused-ring (bicyclic) bond motifs is 1. The van der Waals surface area contributed by atoms with Gasteiger partial charge in [0, 0.05) is 48.3 Å². The Kier molecular flexibility index (Phi) is 6.42. The lowest BCUT2D eigenvalue weighted by Crippen LogP contribution is -2.52. The molecule has 2 N–H and O–H groups in total. The molecule has 10 nitrogen and oxygen atoms in total. The highest BCUT2D eigenvalue weighted by Crippen LogP contribution is 2.44. The third-order valence-electron chi connectivity index (χ3n) is 6.98. The summed E-state index contributed by atoms with van der Waals surface area (Å²) in [4.78, 5) is 12.4. The summed E-state index contributed by atoms with van der Waals surface area (Å²) in [6, 6.07) is 12.7. The molecule has 0 saturated carbocycles. The maximum absolute atomic E-state index is 14.6. The number of aromatic amines is 1. The molecule has 1 aliphatic heterocycles. The molecule has 0 bridgehead atoms. The Morgan fingerprint density at radius 2 is 1.86 bits per heavy atom. The van der Waals surface area contributed by atoms with E-state index in [-0.39, 0.29) is 34.6 Å². The van der Waals surface area contributed by atoms with Crippen LogP contribution in [0.4, 0.5) is 18.9 Å². The number of aromatic nitrogens is 5. The molecular weight excluding hydrogens is 491 g/mol. The fraction of sp³-hybridized carbons (Fsp3) is 0.375. The molecule has 1 fully saturated rings. The van der Waals surface area contributed by atoms with Gasteiger partial charge < -0.3 is 9.67 Å². The van der Waals surface area contributed by atoms with E-state index in [2.05, 4.69) is 20.6 Å². The third-order valence-corrected chi connectivity index (χ3v) is 6.98. The molecule has 0 aliphatic carbocycles. The van der Waals surface area contributed by atoms with Gasteiger partial charge in [-0.25, -0.2) is 5.10 Å². The number of nitrogens with zero attached hydrogens (tertiary/aromatic N) is 6. The predicted molar refractivity (Wildman–Crippen MR) is 127 cm³/mol. The number of β-amino-alcohol motifs (C(OH)–C–C–N with tert-alkyl or cyclic N) is 1. The van der Waals surface area contributed by atoms with E-state index in [0.29, 0.717) is 31.8 Å². The van der Waals surface area contributed by atoms with E-state index >= 15 is 0 Å². The molecule has 194 valence electrons. The summed E-state index contributed by atoms with van der Waals surface area (Å²) in [6.45, 7) is 0.151. The minimum absolute atomic E-state index is 0.00133. The average molecular weight is 515 g/mol. The molecular formula is C24H24F3N7O3. The third kappa shape index (κ3) is 4.79. The zero-order valence-corrected chi connectivity index (χ0v) is 19.6. The van der Waals surface area contributed by atoms with Gasteiger partial charge in [-0.15, -0.1) is 5.10 Å². The number of rotatable bonds is 7. The van der Waals surface area contributed by atoms with E-state index in [4.69, 9.17) is 0 Å². The number of tetrazole rings is 1. The van der Waals surface area contributed by atoms with Crippen LogP contribution in [-0.4, -0.2) is 65.9 Å². The molecule has 1 atom stereocenters. The molecule has 4 aromatic rings. The van der Waals surface area contributed by atoms with Crippen molar-refractivity contribution in [2.75, 3.05) is 19.6 Å². The number of nitro groups is 1. The summed E-state index contributed by atoms with van der Waals surface area (Å²) < 4.78 is 45.3. The van der Waals surface area contributed by atoms with Gasteiger partial charge in [-0.05, 0) is 48.0 Å². The second kappa shape index (κ2) is 9.56. The van der Waals surface area contributed by atoms with Gasteiger partial charge in [-0.1, -0.05) is 30.3 Å². The van der Waals surface area contributed by atoms with Crippen molar-refractivity contribution in [2.45, 2.75) is 37.1 Å². The summed E-state index contributed by atoms with van der Waals surface area (Å²) in [7, 11) is 0. The number of hydrogen-bond acceptors (Lipinski definition) is 7. The van der Waals surface area contributed by atoms with Crippen molar-refractivity contribution in [1.82, 2.24) is 30.1 Å². The fourth-order valence-corrected chi connectivity index (χ4v) is 4.99. The second-order valence-corrected chi connectivity index (χ2v) is 9.31. The number of nitro benzene ring substituents is 1. The molecule has 0 spiro atoms. The standard InChI is InChI=1S/C24H24F3N7O3/c25-24(26,27)23(35,15-32-10-8-17(9-11-32)22-28-30-31-29-22)20-14-33(13-16-4-2-1-3-5-16)21-12-18(34(36)37)6-7-19(20)21/h1-7,12,14,17,35H,8-11,13,15H2,(H,28,29,30,31). The second-order valence-electron chi connectivity index (χ2n) is 9.31. The van der Waals surface area contributed by atoms with E-state index in [0.717, 1.165) is 11.6 Å². The maximum atomic E-state index is 14.6. The smallest absolute Gasteiger partial charge is 0.375 e. The van der Waals surface area contributed by atoms with Gasteiger partial charge in [-0.2, -0.15) is 13.2 Å². The van der Waals surface area contributed by atoms with E-state index in [9.17, 15) is 28.4 Å². The lowest BCUT2D eigenvalue weighted by molar-refractivity contribution is -0.384. The van der Waals surface area contributed by atoms with Crippen LogP contribution in [0.15, 0.2) is 54.7 Å². The van der Waals surface area contributed by atoms with Gasteiger partial charge >= 0.3 is 6.18 Å². The van der Waals surface area contributed by atoms with Crippen LogP contribution in [0, 0.1) is 10.1 Å². The number of likely N-dealkylation sites (tertiary alicyclic amines) is 1. The Morgan fingerprint density at radius 1 is 1.14 bits per heavy atom. The first-order valence-corrected chi connectivity index (χ1v) is 11.7. The minimum atomic E-state index is -4.99. The molecule has 1 aliphatic rings. The quantitative estimate of drug-likeness (QED) is 0.284. The Balaban J connectivity index is 1.51. The summed E-state index contributed by atoms with van der Waals surface area (Å²) >= 11 is 0. The Morgan fingerprint density at radius 3 is 2.49 bits per heavy atom. The monoisotopic (exact) mass is 515 g/mol. The summed E-state index contributed by atoms with van der Waals surface area (Å²) in [5.74, 6) is 0.592. The zero-order valence-electron chi connectivity index (χ0n) is 19.6. The number of nitrogens with one attached hydrogen (secondary N) is 1. The number of piperidine rings is 1. The number of hydrogen-bond donors (Lipinski definition) is 2. The summed E-state index contributed by atoms with van der Waals surface area (Å²) in [5, 5.41) is 36.6. The van der Waals surface area contributed by atoms with Crippen LogP contribution in [0.2, 0.25) is 0 Å². The van der Waals surface area contributed by atoms with Crippen LogP contribution >= 0.6 is 0 Å². The van der Waals surface area contributed by atoms with Crippen molar-refractivity contribution in [3.8, 4) is 0 Å². The average Bonchev–Trinajstić information content (AvgIpc) is 3.53. The highest BCUT2D eigenvalue weighted by Gasteiger charge is 2.57. The minimum Gasteiger partial charge on any atom is -0.375 e. The van der Waals surface area contributed by atoms with E-state index in [1.54, 1.807) is 17.0 Å². The summed E-state index contributed by atoms with van der Waals surface area (Å²) in [6.07, 6.45) is -2.66. The Labute approximate surface area is 208 Å². The molecule has 3 heterocycles. The SMILES string of the molecule is O=[N+]([O-])c1ccc2c(C(O)(CN3CCC(c4nnn[nH]4)CC3)C(F)(F)F)cn(Cc3ccccc3)c2c1. The first-order valence-electron chi connectivity index (χ1n) is 11.7. The van der Waals surface area contributed by atoms with Crippen LogP contribution in [-0.2, 0) is 12.1 Å². The largest absolute Gasteiger partial charge is 0.422 e. The van der Waals surface area contributed by atoms with Gasteiger partial charge in [0.15, 0.2) is 5.82 Å². The molecule has 5 rings (SSSR count). The zero-order chi connectivity index (χ0) is 26.2. The molecule has 2 aromatic heterocycles. The van der Waals surface area contributed by atoms with Crippen LogP contribution in [0.5, 0.6) is 0 Å². The number of aliphatic hydroxyl groups is 1. The number of alkyl halides is 3. The van der Waals surface area contributed by atoms with E-state index in [1.807, 2.05) is 18.2 Å². The number of halogens is 3. The molecule has 13 heteroatoms. The normalized spacial score (nSPS) is 17.2. The topological polar surface area (TPSA) is 126 Å². The maximum Gasteiger partial charge on any atom is 0.422 e. The highest BCUT2D eigenvalue weighted by atomic mass is 19.4. The first kappa shape index (κ1) is 24.8. The fourth-order valence-electron chi connectivity index (χ4n) is 4.99. The van der Waals surface area contributed by atoms with Gasteiger partial charge in [0.1, 0.15) is 0 Å². The van der Waals surface area contributed by atoms with Crippen molar-refractivity contribution in [2.24, 2.45) is 0 Å². The molecule has 0 amide bonds.